The zero-order valence-corrected chi connectivity index (χ0v) is 18.0. The van der Waals surface area contributed by atoms with Crippen LogP contribution >= 0.6 is 11.3 Å². The van der Waals surface area contributed by atoms with Crippen LogP contribution in [0.1, 0.15) is 22.0 Å². The fourth-order valence-electron chi connectivity index (χ4n) is 3.60. The molecule has 1 aliphatic rings. The molecule has 2 N–H and O–H groups in total. The van der Waals surface area contributed by atoms with E-state index in [0.29, 0.717) is 0 Å². The highest BCUT2D eigenvalue weighted by Crippen LogP contribution is 2.26. The molecule has 1 saturated heterocycles. The van der Waals surface area contributed by atoms with Crippen molar-refractivity contribution >= 4 is 22.9 Å². The molecule has 0 radical (unpaired) electrons. The monoisotopic (exact) mass is 439 g/mol. The molecule has 7 heteroatoms. The van der Waals surface area contributed by atoms with Crippen LogP contribution in [0.4, 0.5) is 10.1 Å². The Balaban J connectivity index is 1.32. The van der Waals surface area contributed by atoms with Gasteiger partial charge in [0.2, 0.25) is 5.91 Å². The topological polar surface area (TPSA) is 53.6 Å². The average Bonchev–Trinajstić information content (AvgIpc) is 3.32. The van der Waals surface area contributed by atoms with Crippen LogP contribution in [0, 0.1) is 5.82 Å². The number of anilines is 1. The first kappa shape index (κ1) is 21.6. The van der Waals surface area contributed by atoms with Gasteiger partial charge < -0.3 is 10.1 Å². The first-order chi connectivity index (χ1) is 15.2. The predicted octanol–water partition coefficient (Wildman–Crippen LogP) is 4.04. The summed E-state index contributed by atoms with van der Waals surface area (Å²) in [6, 6.07) is 18.2. The summed E-state index contributed by atoms with van der Waals surface area (Å²) in [5, 5.41) is 8.24. The molecule has 1 amide bonds. The van der Waals surface area contributed by atoms with Crippen LogP contribution in [0.5, 0.6) is 0 Å². The minimum Gasteiger partial charge on any atom is -0.379 e. The molecule has 0 aliphatic carbocycles. The molecule has 5 nitrogen and oxygen atoms in total. The van der Waals surface area contributed by atoms with E-state index >= 15 is 0 Å². The van der Waals surface area contributed by atoms with Crippen LogP contribution in [0.3, 0.4) is 0 Å². The van der Waals surface area contributed by atoms with Crippen LogP contribution in [0.25, 0.3) is 0 Å². The third-order valence-electron chi connectivity index (χ3n) is 5.25. The van der Waals surface area contributed by atoms with Gasteiger partial charge in [0.15, 0.2) is 0 Å². The largest absolute Gasteiger partial charge is 0.379 e. The zero-order chi connectivity index (χ0) is 21.5. The molecule has 4 rings (SSSR count). The quantitative estimate of drug-likeness (QED) is 0.556. The first-order valence-electron chi connectivity index (χ1n) is 10.4. The van der Waals surface area contributed by atoms with Gasteiger partial charge in [0, 0.05) is 30.2 Å². The van der Waals surface area contributed by atoms with Crippen LogP contribution in [0.2, 0.25) is 0 Å². The molecule has 31 heavy (non-hydrogen) atoms. The number of nitrogens with one attached hydrogen (secondary N) is 2. The zero-order valence-electron chi connectivity index (χ0n) is 17.2. The van der Waals surface area contributed by atoms with Gasteiger partial charge in [-0.05, 0) is 46.8 Å². The smallest absolute Gasteiger partial charge is 0.238 e. The molecule has 1 aromatic heterocycles. The second-order valence-corrected chi connectivity index (χ2v) is 8.49. The fourth-order valence-corrected chi connectivity index (χ4v) is 4.43. The highest BCUT2D eigenvalue weighted by Gasteiger charge is 2.16. The Labute approximate surface area is 185 Å². The minimum atomic E-state index is -0.275. The van der Waals surface area contributed by atoms with Crippen molar-refractivity contribution in [3.05, 3.63) is 87.9 Å². The van der Waals surface area contributed by atoms with E-state index in [-0.39, 0.29) is 24.3 Å². The van der Waals surface area contributed by atoms with Gasteiger partial charge in [-0.15, -0.1) is 11.3 Å². The maximum Gasteiger partial charge on any atom is 0.238 e. The van der Waals surface area contributed by atoms with Crippen molar-refractivity contribution in [3.63, 3.8) is 0 Å². The maximum absolute atomic E-state index is 13.3. The molecule has 1 atom stereocenters. The molecule has 3 aromatic rings. The van der Waals surface area contributed by atoms with E-state index in [0.717, 1.165) is 49.0 Å². The summed E-state index contributed by atoms with van der Waals surface area (Å²) in [5.41, 5.74) is 2.91. The molecule has 162 valence electrons. The SMILES string of the molecule is O=C(CNC(c1ccc(F)cc1)c1cccs1)Nc1ccc(CN2CCOCC2)cc1. The van der Waals surface area contributed by atoms with Gasteiger partial charge in [-0.1, -0.05) is 30.3 Å². The summed E-state index contributed by atoms with van der Waals surface area (Å²) in [5.74, 6) is -0.395. The fraction of sp³-hybridized carbons (Fsp3) is 0.292. The second kappa shape index (κ2) is 10.6. The van der Waals surface area contributed by atoms with Crippen molar-refractivity contribution in [1.29, 1.82) is 0 Å². The lowest BCUT2D eigenvalue weighted by Gasteiger charge is -2.26. The average molecular weight is 440 g/mol. The molecule has 2 heterocycles. The van der Waals surface area contributed by atoms with Gasteiger partial charge in [0.05, 0.1) is 25.8 Å². The van der Waals surface area contributed by atoms with Crippen molar-refractivity contribution < 1.29 is 13.9 Å². The number of amides is 1. The van der Waals surface area contributed by atoms with Crippen molar-refractivity contribution in [2.45, 2.75) is 12.6 Å². The minimum absolute atomic E-state index is 0.121. The van der Waals surface area contributed by atoms with Gasteiger partial charge in [0.1, 0.15) is 5.82 Å². The van der Waals surface area contributed by atoms with E-state index in [9.17, 15) is 9.18 Å². The number of rotatable bonds is 8. The molecule has 1 unspecified atom stereocenters. The van der Waals surface area contributed by atoms with Gasteiger partial charge in [0.25, 0.3) is 0 Å². The number of ether oxygens (including phenoxy) is 1. The number of carbonyl (C=O) groups is 1. The number of hydrogen-bond acceptors (Lipinski definition) is 5. The van der Waals surface area contributed by atoms with E-state index < -0.39 is 0 Å². The van der Waals surface area contributed by atoms with Gasteiger partial charge in [-0.3, -0.25) is 15.0 Å². The number of nitrogens with zero attached hydrogens (tertiary/aromatic N) is 1. The number of carbonyl (C=O) groups excluding carboxylic acids is 1. The number of halogens is 1. The van der Waals surface area contributed by atoms with E-state index in [1.165, 1.54) is 17.7 Å². The summed E-state index contributed by atoms with van der Waals surface area (Å²) in [7, 11) is 0. The predicted molar refractivity (Wildman–Crippen MR) is 122 cm³/mol. The Morgan fingerprint density at radius 3 is 2.48 bits per heavy atom. The summed E-state index contributed by atoms with van der Waals surface area (Å²) in [6.07, 6.45) is 0. The molecule has 0 bridgehead atoms. The highest BCUT2D eigenvalue weighted by molar-refractivity contribution is 7.10. The molecule has 1 fully saturated rings. The Morgan fingerprint density at radius 2 is 1.81 bits per heavy atom. The Morgan fingerprint density at radius 1 is 1.06 bits per heavy atom. The van der Waals surface area contributed by atoms with E-state index in [4.69, 9.17) is 4.74 Å². The van der Waals surface area contributed by atoms with Crippen molar-refractivity contribution in [3.8, 4) is 0 Å². The number of thiophene rings is 1. The third-order valence-corrected chi connectivity index (χ3v) is 6.18. The molecule has 1 aliphatic heterocycles. The number of hydrogen-bond donors (Lipinski definition) is 2. The van der Waals surface area contributed by atoms with Crippen LogP contribution < -0.4 is 10.6 Å². The molecular weight excluding hydrogens is 413 g/mol. The lowest BCUT2D eigenvalue weighted by molar-refractivity contribution is -0.115. The normalized spacial score (nSPS) is 15.5. The number of benzene rings is 2. The van der Waals surface area contributed by atoms with Crippen molar-refractivity contribution in [2.75, 3.05) is 38.2 Å². The van der Waals surface area contributed by atoms with Crippen LogP contribution in [0.15, 0.2) is 66.0 Å². The van der Waals surface area contributed by atoms with Gasteiger partial charge in [-0.25, -0.2) is 4.39 Å². The number of morpholine rings is 1. The van der Waals surface area contributed by atoms with Crippen LogP contribution in [-0.4, -0.2) is 43.7 Å². The summed E-state index contributed by atoms with van der Waals surface area (Å²) >= 11 is 1.60. The highest BCUT2D eigenvalue weighted by atomic mass is 32.1. The lowest BCUT2D eigenvalue weighted by Crippen LogP contribution is -2.35. The van der Waals surface area contributed by atoms with E-state index in [2.05, 4.69) is 15.5 Å². The molecule has 0 saturated carbocycles. The molecule has 2 aromatic carbocycles. The van der Waals surface area contributed by atoms with Crippen molar-refractivity contribution in [1.82, 2.24) is 10.2 Å². The third kappa shape index (κ3) is 6.21. The first-order valence-corrected chi connectivity index (χ1v) is 11.3. The Hall–Kier alpha value is -2.58. The summed E-state index contributed by atoms with van der Waals surface area (Å²) in [6.45, 7) is 4.50. The second-order valence-electron chi connectivity index (χ2n) is 7.51. The molecule has 0 spiro atoms. The van der Waals surface area contributed by atoms with Crippen molar-refractivity contribution in [2.24, 2.45) is 0 Å². The van der Waals surface area contributed by atoms with E-state index in [1.807, 2.05) is 41.8 Å². The van der Waals surface area contributed by atoms with E-state index in [1.54, 1.807) is 23.5 Å². The standard InChI is InChI=1S/C24H26FN3O2S/c25-20-7-5-19(6-8-20)24(22-2-1-15-31-22)26-16-23(29)27-21-9-3-18(4-10-21)17-28-11-13-30-14-12-28/h1-10,15,24,26H,11-14,16-17H2,(H,27,29). The van der Waals surface area contributed by atoms with Gasteiger partial charge >= 0.3 is 0 Å². The van der Waals surface area contributed by atoms with Gasteiger partial charge in [-0.2, -0.15) is 0 Å². The summed E-state index contributed by atoms with van der Waals surface area (Å²) in [4.78, 5) is 16.0. The molecular formula is C24H26FN3O2S. The maximum atomic E-state index is 13.3. The Bertz CT molecular complexity index is 956. The Kier molecular flexibility index (Phi) is 7.43. The summed E-state index contributed by atoms with van der Waals surface area (Å²) < 4.78 is 18.7. The lowest BCUT2D eigenvalue weighted by atomic mass is 10.1. The van der Waals surface area contributed by atoms with Crippen LogP contribution in [-0.2, 0) is 16.1 Å².